The van der Waals surface area contributed by atoms with Crippen LogP contribution in [0.15, 0.2) is 0 Å². The smallest absolute Gasteiger partial charge is 0.220 e. The lowest BCUT2D eigenvalue weighted by Gasteiger charge is -1.98. The van der Waals surface area contributed by atoms with E-state index in [2.05, 4.69) is 5.32 Å². The number of amides is 1. The van der Waals surface area contributed by atoms with Gasteiger partial charge in [-0.15, -0.1) is 0 Å². The summed E-state index contributed by atoms with van der Waals surface area (Å²) >= 11 is -1.92. The summed E-state index contributed by atoms with van der Waals surface area (Å²) in [6, 6.07) is 0. The van der Waals surface area contributed by atoms with Crippen molar-refractivity contribution >= 4 is 17.0 Å². The van der Waals surface area contributed by atoms with Crippen LogP contribution in [0.5, 0.6) is 0 Å². The summed E-state index contributed by atoms with van der Waals surface area (Å²) in [7, 11) is 0. The number of nitrogens with one attached hydrogen (secondary N) is 1. The van der Waals surface area contributed by atoms with E-state index in [9.17, 15) is 9.00 Å². The van der Waals surface area contributed by atoms with E-state index in [-0.39, 0.29) is 11.8 Å². The zero-order valence-electron chi connectivity index (χ0n) is 5.79. The van der Waals surface area contributed by atoms with E-state index in [1.165, 1.54) is 0 Å². The van der Waals surface area contributed by atoms with Crippen LogP contribution in [0.1, 0.15) is 19.8 Å². The summed E-state index contributed by atoms with van der Waals surface area (Å²) in [5, 5.41) is 2.29. The molecule has 60 valence electrons. The maximum Gasteiger partial charge on any atom is 0.220 e. The highest BCUT2D eigenvalue weighted by Gasteiger charge is 1.98. The van der Waals surface area contributed by atoms with Gasteiger partial charge in [0, 0.05) is 6.42 Å². The fraction of sp³-hybridized carbons (Fsp3) is 0.800. The molecule has 1 unspecified atom stereocenters. The van der Waals surface area contributed by atoms with E-state index >= 15 is 0 Å². The minimum Gasteiger partial charge on any atom is -0.342 e. The topological polar surface area (TPSA) is 66.4 Å². The van der Waals surface area contributed by atoms with Crippen LogP contribution in [0, 0.1) is 0 Å². The Morgan fingerprint density at radius 1 is 1.70 bits per heavy atom. The maximum atomic E-state index is 10.6. The first-order chi connectivity index (χ1) is 4.66. The third-order valence-corrected chi connectivity index (χ3v) is 1.26. The fourth-order valence-corrected chi connectivity index (χ4v) is 0.742. The molecule has 0 aliphatic carbocycles. The molecule has 10 heavy (non-hydrogen) atoms. The van der Waals surface area contributed by atoms with Gasteiger partial charge in [0.15, 0.2) is 11.1 Å². The van der Waals surface area contributed by atoms with Crippen molar-refractivity contribution in [3.8, 4) is 0 Å². The largest absolute Gasteiger partial charge is 0.342 e. The van der Waals surface area contributed by atoms with Crippen molar-refractivity contribution in [3.63, 3.8) is 0 Å². The Kier molecular flexibility index (Phi) is 5.15. The number of hydrogen-bond acceptors (Lipinski definition) is 2. The van der Waals surface area contributed by atoms with Crippen molar-refractivity contribution in [3.05, 3.63) is 0 Å². The first-order valence-corrected chi connectivity index (χ1v) is 4.28. The molecule has 0 aromatic rings. The Bertz CT molecular complexity index is 137. The Balaban J connectivity index is 3.30. The zero-order valence-corrected chi connectivity index (χ0v) is 6.61. The minimum absolute atomic E-state index is 0.168. The molecule has 0 aliphatic heterocycles. The molecule has 0 saturated carbocycles. The van der Waals surface area contributed by atoms with Crippen LogP contribution >= 0.6 is 0 Å². The molecular formula is C5H11NO3S. The van der Waals surface area contributed by atoms with Gasteiger partial charge < -0.3 is 9.87 Å². The second kappa shape index (κ2) is 5.37. The molecule has 0 spiro atoms. The molecule has 0 aromatic heterocycles. The molecule has 0 aromatic carbocycles. The molecule has 5 heteroatoms. The zero-order chi connectivity index (χ0) is 7.98. The summed E-state index contributed by atoms with van der Waals surface area (Å²) in [5.41, 5.74) is 0. The number of carbonyl (C=O) groups excluding carboxylic acids is 1. The fourth-order valence-electron chi connectivity index (χ4n) is 0.458. The number of hydrogen-bond donors (Lipinski definition) is 2. The summed E-state index contributed by atoms with van der Waals surface area (Å²) in [6.45, 7) is 1.87. The molecular weight excluding hydrogens is 154 g/mol. The molecule has 0 rings (SSSR count). The maximum absolute atomic E-state index is 10.6. The molecule has 0 fully saturated rings. The monoisotopic (exact) mass is 165 g/mol. The molecule has 0 bridgehead atoms. The number of carbonyl (C=O) groups is 1. The lowest BCUT2D eigenvalue weighted by molar-refractivity contribution is -0.120. The van der Waals surface area contributed by atoms with E-state index in [1.54, 1.807) is 0 Å². The second-order valence-electron chi connectivity index (χ2n) is 1.82. The van der Waals surface area contributed by atoms with Crippen molar-refractivity contribution in [1.82, 2.24) is 5.32 Å². The van der Waals surface area contributed by atoms with Gasteiger partial charge in [0.1, 0.15) is 5.88 Å². The normalized spacial score (nSPS) is 12.6. The van der Waals surface area contributed by atoms with Crippen LogP contribution in [-0.2, 0) is 15.9 Å². The van der Waals surface area contributed by atoms with Crippen molar-refractivity contribution in [1.29, 1.82) is 0 Å². The highest BCUT2D eigenvalue weighted by atomic mass is 32.2. The minimum atomic E-state index is -1.92. The van der Waals surface area contributed by atoms with Crippen LogP contribution in [0.3, 0.4) is 0 Å². The van der Waals surface area contributed by atoms with Crippen LogP contribution in [0.4, 0.5) is 0 Å². The van der Waals surface area contributed by atoms with E-state index < -0.39 is 11.1 Å². The molecule has 1 atom stereocenters. The average molecular weight is 165 g/mol. The van der Waals surface area contributed by atoms with Gasteiger partial charge in [-0.1, -0.05) is 6.92 Å². The van der Waals surface area contributed by atoms with E-state index in [1.807, 2.05) is 6.92 Å². The third kappa shape index (κ3) is 5.71. The number of rotatable bonds is 4. The SMILES string of the molecule is CCCC(=O)NCS(=O)O. The van der Waals surface area contributed by atoms with Gasteiger partial charge in [0.2, 0.25) is 5.91 Å². The van der Waals surface area contributed by atoms with Gasteiger partial charge in [-0.2, -0.15) is 0 Å². The highest BCUT2D eigenvalue weighted by Crippen LogP contribution is 1.84. The lowest BCUT2D eigenvalue weighted by atomic mass is 10.3. The summed E-state index contributed by atoms with van der Waals surface area (Å²) in [6.07, 6.45) is 1.17. The van der Waals surface area contributed by atoms with Gasteiger partial charge in [-0.25, -0.2) is 4.21 Å². The molecule has 1 amide bonds. The van der Waals surface area contributed by atoms with Gasteiger partial charge >= 0.3 is 0 Å². The first-order valence-electron chi connectivity index (χ1n) is 3.01. The predicted octanol–water partition coefficient (Wildman–Crippen LogP) is 0.0819. The van der Waals surface area contributed by atoms with Crippen molar-refractivity contribution in [2.24, 2.45) is 0 Å². The Morgan fingerprint density at radius 2 is 2.30 bits per heavy atom. The molecule has 0 aliphatic rings. The van der Waals surface area contributed by atoms with E-state index in [0.29, 0.717) is 6.42 Å². The average Bonchev–Trinajstić information content (AvgIpc) is 1.85. The van der Waals surface area contributed by atoms with Gasteiger partial charge in [-0.3, -0.25) is 4.79 Å². The van der Waals surface area contributed by atoms with E-state index in [0.717, 1.165) is 6.42 Å². The Labute approximate surface area is 62.3 Å². The van der Waals surface area contributed by atoms with Crippen LogP contribution < -0.4 is 5.32 Å². The lowest BCUT2D eigenvalue weighted by Crippen LogP contribution is -2.26. The summed E-state index contributed by atoms with van der Waals surface area (Å²) < 4.78 is 18.2. The summed E-state index contributed by atoms with van der Waals surface area (Å²) in [5.74, 6) is -0.344. The van der Waals surface area contributed by atoms with Crippen LogP contribution in [0.25, 0.3) is 0 Å². The van der Waals surface area contributed by atoms with Crippen LogP contribution in [0.2, 0.25) is 0 Å². The Morgan fingerprint density at radius 3 is 2.70 bits per heavy atom. The highest BCUT2D eigenvalue weighted by molar-refractivity contribution is 7.79. The molecule has 0 saturated heterocycles. The molecule has 0 heterocycles. The van der Waals surface area contributed by atoms with Gasteiger partial charge in [-0.05, 0) is 6.42 Å². The Hall–Kier alpha value is -0.420. The molecule has 0 radical (unpaired) electrons. The van der Waals surface area contributed by atoms with Crippen molar-refractivity contribution < 1.29 is 13.6 Å². The van der Waals surface area contributed by atoms with Crippen LogP contribution in [-0.4, -0.2) is 20.5 Å². The molecule has 2 N–H and O–H groups in total. The van der Waals surface area contributed by atoms with Crippen molar-refractivity contribution in [2.75, 3.05) is 5.88 Å². The van der Waals surface area contributed by atoms with Gasteiger partial charge in [0.05, 0.1) is 0 Å². The molecule has 4 nitrogen and oxygen atoms in total. The first kappa shape index (κ1) is 9.58. The second-order valence-corrected chi connectivity index (χ2v) is 2.75. The predicted molar refractivity (Wildman–Crippen MR) is 38.7 cm³/mol. The quantitative estimate of drug-likeness (QED) is 0.580. The standard InChI is InChI=1S/C5H11NO3S/c1-2-3-5(7)6-4-10(8)9/h2-4H2,1H3,(H,6,7)(H,8,9). The summed E-state index contributed by atoms with van der Waals surface area (Å²) in [4.78, 5) is 10.6. The third-order valence-electron chi connectivity index (χ3n) is 0.870. The van der Waals surface area contributed by atoms with E-state index in [4.69, 9.17) is 4.55 Å². The van der Waals surface area contributed by atoms with Crippen molar-refractivity contribution in [2.45, 2.75) is 19.8 Å². The van der Waals surface area contributed by atoms with Gasteiger partial charge in [0.25, 0.3) is 0 Å².